The fraction of sp³-hybridized carbons (Fsp3) is 0.600. The number of carbonyl (C=O) groups is 1. The first-order valence-electron chi connectivity index (χ1n) is 4.47. The van der Waals surface area contributed by atoms with Crippen molar-refractivity contribution in [1.29, 1.82) is 0 Å². The van der Waals surface area contributed by atoms with Gasteiger partial charge in [-0.25, -0.2) is 4.98 Å². The third kappa shape index (κ3) is 2.19. The zero-order chi connectivity index (χ0) is 10.9. The average Bonchev–Trinajstić information content (AvgIpc) is 2.43. The van der Waals surface area contributed by atoms with E-state index in [-0.39, 0.29) is 5.41 Å². The second kappa shape index (κ2) is 3.79. The largest absolute Gasteiger partial charge is 0.385 e. The molecule has 0 bridgehead atoms. The van der Waals surface area contributed by atoms with E-state index in [0.717, 1.165) is 6.29 Å². The van der Waals surface area contributed by atoms with E-state index in [4.69, 9.17) is 0 Å². The Morgan fingerprint density at radius 3 is 2.43 bits per heavy atom. The van der Waals surface area contributed by atoms with Crippen LogP contribution in [0.2, 0.25) is 0 Å². The Balaban J connectivity index is 3.03. The molecule has 0 fully saturated rings. The number of hydrogen-bond acceptors (Lipinski definition) is 4. The minimum Gasteiger partial charge on any atom is -0.385 e. The molecule has 1 rings (SSSR count). The summed E-state index contributed by atoms with van der Waals surface area (Å²) in [4.78, 5) is 15.4. The number of thiazole rings is 1. The lowest BCUT2D eigenvalue weighted by Crippen LogP contribution is -2.17. The van der Waals surface area contributed by atoms with E-state index in [1.165, 1.54) is 11.3 Å². The van der Waals surface area contributed by atoms with Gasteiger partial charge in [-0.05, 0) is 12.3 Å². The van der Waals surface area contributed by atoms with Crippen LogP contribution in [-0.2, 0) is 0 Å². The van der Waals surface area contributed by atoms with E-state index < -0.39 is 6.10 Å². The Morgan fingerprint density at radius 2 is 2.07 bits per heavy atom. The lowest BCUT2D eigenvalue weighted by atomic mass is 9.90. The molecular formula is C10H15NO2S. The van der Waals surface area contributed by atoms with E-state index in [2.05, 4.69) is 4.98 Å². The third-order valence-electron chi connectivity index (χ3n) is 2.01. The maximum absolute atomic E-state index is 10.6. The maximum Gasteiger partial charge on any atom is 0.161 e. The summed E-state index contributed by atoms with van der Waals surface area (Å²) < 4.78 is 0. The van der Waals surface area contributed by atoms with Gasteiger partial charge in [-0.1, -0.05) is 20.8 Å². The lowest BCUT2D eigenvalue weighted by Gasteiger charge is -2.23. The second-order valence-electron chi connectivity index (χ2n) is 4.39. The monoisotopic (exact) mass is 213 g/mol. The molecule has 1 heterocycles. The highest BCUT2D eigenvalue weighted by Crippen LogP contribution is 2.35. The Morgan fingerprint density at radius 1 is 1.50 bits per heavy atom. The predicted octanol–water partition coefficient (Wildman–Crippen LogP) is 2.34. The molecule has 4 heteroatoms. The standard InChI is InChI=1S/C10H15NO2S/c1-6-7(5-12)14-9(11-6)8(13)10(2,3)4/h5,8,13H,1-4H3. The van der Waals surface area contributed by atoms with Crippen LogP contribution in [0.1, 0.15) is 47.2 Å². The summed E-state index contributed by atoms with van der Waals surface area (Å²) in [5.74, 6) is 0. The van der Waals surface area contributed by atoms with Crippen molar-refractivity contribution in [2.75, 3.05) is 0 Å². The molecule has 3 nitrogen and oxygen atoms in total. The van der Waals surface area contributed by atoms with E-state index in [1.807, 2.05) is 20.8 Å². The minimum atomic E-state index is -0.611. The summed E-state index contributed by atoms with van der Waals surface area (Å²) in [6.07, 6.45) is 0.172. The topological polar surface area (TPSA) is 50.2 Å². The molecule has 0 radical (unpaired) electrons. The van der Waals surface area contributed by atoms with Crippen molar-refractivity contribution in [3.63, 3.8) is 0 Å². The van der Waals surface area contributed by atoms with Crippen LogP contribution in [0.4, 0.5) is 0 Å². The number of nitrogens with zero attached hydrogens (tertiary/aromatic N) is 1. The fourth-order valence-electron chi connectivity index (χ4n) is 1.03. The van der Waals surface area contributed by atoms with Gasteiger partial charge in [-0.3, -0.25) is 4.79 Å². The van der Waals surface area contributed by atoms with E-state index in [9.17, 15) is 9.90 Å². The quantitative estimate of drug-likeness (QED) is 0.767. The molecule has 0 aliphatic rings. The highest BCUT2D eigenvalue weighted by Gasteiger charge is 2.27. The van der Waals surface area contributed by atoms with Crippen molar-refractivity contribution < 1.29 is 9.90 Å². The molecule has 0 saturated carbocycles. The van der Waals surface area contributed by atoms with Crippen molar-refractivity contribution in [1.82, 2.24) is 4.98 Å². The normalized spacial score (nSPS) is 14.1. The van der Waals surface area contributed by atoms with Crippen LogP contribution in [0.25, 0.3) is 0 Å². The van der Waals surface area contributed by atoms with Gasteiger partial charge >= 0.3 is 0 Å². The average molecular weight is 213 g/mol. The van der Waals surface area contributed by atoms with Gasteiger partial charge in [0.1, 0.15) is 11.1 Å². The van der Waals surface area contributed by atoms with E-state index in [0.29, 0.717) is 15.6 Å². The first-order chi connectivity index (χ1) is 6.36. The molecule has 0 amide bonds. The second-order valence-corrected chi connectivity index (χ2v) is 5.45. The van der Waals surface area contributed by atoms with Gasteiger partial charge in [0, 0.05) is 0 Å². The number of aliphatic hydroxyl groups is 1. The number of hydrogen-bond donors (Lipinski definition) is 1. The van der Waals surface area contributed by atoms with Crippen LogP contribution in [0.15, 0.2) is 0 Å². The molecule has 0 aliphatic carbocycles. The van der Waals surface area contributed by atoms with Crippen LogP contribution < -0.4 is 0 Å². The van der Waals surface area contributed by atoms with Gasteiger partial charge in [0.15, 0.2) is 6.29 Å². The van der Waals surface area contributed by atoms with Gasteiger partial charge in [-0.2, -0.15) is 0 Å². The van der Waals surface area contributed by atoms with Gasteiger partial charge in [0.05, 0.1) is 10.6 Å². The zero-order valence-electron chi connectivity index (χ0n) is 8.87. The Labute approximate surface area is 87.8 Å². The highest BCUT2D eigenvalue weighted by molar-refractivity contribution is 7.13. The molecule has 14 heavy (non-hydrogen) atoms. The van der Waals surface area contributed by atoms with Gasteiger partial charge < -0.3 is 5.11 Å². The molecular weight excluding hydrogens is 198 g/mol. The smallest absolute Gasteiger partial charge is 0.161 e. The van der Waals surface area contributed by atoms with Crippen LogP contribution in [-0.4, -0.2) is 16.4 Å². The molecule has 1 atom stereocenters. The number of rotatable bonds is 2. The van der Waals surface area contributed by atoms with Crippen molar-refractivity contribution >= 4 is 17.6 Å². The van der Waals surface area contributed by atoms with Gasteiger partial charge in [-0.15, -0.1) is 11.3 Å². The molecule has 0 spiro atoms. The molecule has 0 aromatic carbocycles. The van der Waals surface area contributed by atoms with Crippen LogP contribution in [0.5, 0.6) is 0 Å². The summed E-state index contributed by atoms with van der Waals surface area (Å²) in [5, 5.41) is 10.5. The number of aryl methyl sites for hydroxylation is 1. The summed E-state index contributed by atoms with van der Waals surface area (Å²) in [7, 11) is 0. The van der Waals surface area contributed by atoms with Crippen LogP contribution in [0, 0.1) is 12.3 Å². The van der Waals surface area contributed by atoms with Crippen molar-refractivity contribution in [3.05, 3.63) is 15.6 Å². The molecule has 78 valence electrons. The molecule has 1 aromatic heterocycles. The lowest BCUT2D eigenvalue weighted by molar-refractivity contribution is 0.0623. The van der Waals surface area contributed by atoms with Crippen molar-refractivity contribution in [2.24, 2.45) is 5.41 Å². The van der Waals surface area contributed by atoms with E-state index >= 15 is 0 Å². The van der Waals surface area contributed by atoms with Crippen LogP contribution >= 0.6 is 11.3 Å². The molecule has 1 N–H and O–H groups in total. The number of aldehydes is 1. The minimum absolute atomic E-state index is 0.246. The molecule has 0 aliphatic heterocycles. The van der Waals surface area contributed by atoms with Crippen molar-refractivity contribution in [3.8, 4) is 0 Å². The SMILES string of the molecule is Cc1nc(C(O)C(C)(C)C)sc1C=O. The first kappa shape index (κ1) is 11.3. The number of carbonyl (C=O) groups excluding carboxylic acids is 1. The molecule has 1 unspecified atom stereocenters. The summed E-state index contributed by atoms with van der Waals surface area (Å²) >= 11 is 1.27. The summed E-state index contributed by atoms with van der Waals surface area (Å²) in [6, 6.07) is 0. The summed E-state index contributed by atoms with van der Waals surface area (Å²) in [6.45, 7) is 7.60. The molecule has 1 aromatic rings. The Hall–Kier alpha value is -0.740. The fourth-order valence-corrected chi connectivity index (χ4v) is 2.14. The van der Waals surface area contributed by atoms with Gasteiger partial charge in [0.25, 0.3) is 0 Å². The van der Waals surface area contributed by atoms with E-state index in [1.54, 1.807) is 6.92 Å². The van der Waals surface area contributed by atoms with Crippen molar-refractivity contribution in [2.45, 2.75) is 33.8 Å². The zero-order valence-corrected chi connectivity index (χ0v) is 9.68. The summed E-state index contributed by atoms with van der Waals surface area (Å²) in [5.41, 5.74) is 0.452. The van der Waals surface area contributed by atoms with Gasteiger partial charge in [0.2, 0.25) is 0 Å². The number of aliphatic hydroxyl groups excluding tert-OH is 1. The Kier molecular flexibility index (Phi) is 3.07. The van der Waals surface area contributed by atoms with Crippen LogP contribution in [0.3, 0.4) is 0 Å². The molecule has 0 saturated heterocycles. The highest BCUT2D eigenvalue weighted by atomic mass is 32.1. The maximum atomic E-state index is 10.6. The first-order valence-corrected chi connectivity index (χ1v) is 5.28. The Bertz CT molecular complexity index is 338. The predicted molar refractivity (Wildman–Crippen MR) is 56.7 cm³/mol. The third-order valence-corrected chi connectivity index (χ3v) is 3.15. The number of aromatic nitrogens is 1.